The first-order valence-electron chi connectivity index (χ1n) is 4.33. The van der Waals surface area contributed by atoms with E-state index in [-0.39, 0.29) is 0 Å². The SMILES string of the molecule is CCCNCCCNCC. The van der Waals surface area contributed by atoms with Gasteiger partial charge in [-0.1, -0.05) is 13.8 Å². The summed E-state index contributed by atoms with van der Waals surface area (Å²) in [6, 6.07) is 0. The molecule has 2 N–H and O–H groups in total. The Kier molecular flexibility index (Phi) is 8.85. The standard InChI is InChI=1S/C8H20N2/c1-3-6-10-8-5-7-9-4-2/h9-10H,3-8H2,1-2H3. The molecule has 2 nitrogen and oxygen atoms in total. The second-order valence-electron chi connectivity index (χ2n) is 2.46. The lowest BCUT2D eigenvalue weighted by atomic mass is 10.4. The van der Waals surface area contributed by atoms with E-state index in [0.717, 1.165) is 26.2 Å². The van der Waals surface area contributed by atoms with Gasteiger partial charge in [0, 0.05) is 0 Å². The minimum absolute atomic E-state index is 1.09. The summed E-state index contributed by atoms with van der Waals surface area (Å²) in [5.74, 6) is 0. The number of nitrogens with one attached hydrogen (secondary N) is 2. The van der Waals surface area contributed by atoms with Crippen LogP contribution in [0.5, 0.6) is 0 Å². The van der Waals surface area contributed by atoms with Gasteiger partial charge in [-0.25, -0.2) is 0 Å². The normalized spacial score (nSPS) is 10.2. The molecule has 62 valence electrons. The average molecular weight is 144 g/mol. The third-order valence-corrected chi connectivity index (χ3v) is 1.38. The summed E-state index contributed by atoms with van der Waals surface area (Å²) in [4.78, 5) is 0. The van der Waals surface area contributed by atoms with Crippen molar-refractivity contribution in [1.29, 1.82) is 0 Å². The molecule has 0 aliphatic carbocycles. The van der Waals surface area contributed by atoms with E-state index < -0.39 is 0 Å². The van der Waals surface area contributed by atoms with Crippen molar-refractivity contribution >= 4 is 0 Å². The van der Waals surface area contributed by atoms with Crippen molar-refractivity contribution in [2.75, 3.05) is 26.2 Å². The van der Waals surface area contributed by atoms with Crippen LogP contribution in [0, 0.1) is 0 Å². The molecule has 0 atom stereocenters. The molecular formula is C8H20N2. The molecule has 0 radical (unpaired) electrons. The molecule has 0 saturated carbocycles. The molecule has 0 rings (SSSR count). The maximum Gasteiger partial charge on any atom is -0.00368 e. The molecule has 0 fully saturated rings. The highest BCUT2D eigenvalue weighted by Crippen LogP contribution is 1.74. The van der Waals surface area contributed by atoms with Crippen LogP contribution in [0.2, 0.25) is 0 Å². The van der Waals surface area contributed by atoms with Crippen LogP contribution in [-0.2, 0) is 0 Å². The van der Waals surface area contributed by atoms with Crippen molar-refractivity contribution < 1.29 is 0 Å². The van der Waals surface area contributed by atoms with E-state index in [1.165, 1.54) is 12.8 Å². The Bertz CT molecular complexity index is 47.2. The first-order chi connectivity index (χ1) is 4.91. The lowest BCUT2D eigenvalue weighted by Gasteiger charge is -2.02. The topological polar surface area (TPSA) is 24.1 Å². The molecule has 2 heteroatoms. The Labute approximate surface area is 64.4 Å². The first-order valence-corrected chi connectivity index (χ1v) is 4.33. The Morgan fingerprint density at radius 2 is 1.60 bits per heavy atom. The molecule has 0 unspecified atom stereocenters. The monoisotopic (exact) mass is 144 g/mol. The van der Waals surface area contributed by atoms with Gasteiger partial charge in [-0.15, -0.1) is 0 Å². The van der Waals surface area contributed by atoms with Gasteiger partial charge in [0.05, 0.1) is 0 Å². The van der Waals surface area contributed by atoms with Crippen molar-refractivity contribution in [2.45, 2.75) is 26.7 Å². The number of hydrogen-bond donors (Lipinski definition) is 2. The van der Waals surface area contributed by atoms with Crippen molar-refractivity contribution in [1.82, 2.24) is 10.6 Å². The largest absolute Gasteiger partial charge is 0.317 e. The second-order valence-corrected chi connectivity index (χ2v) is 2.46. The fourth-order valence-electron chi connectivity index (χ4n) is 0.817. The Morgan fingerprint density at radius 1 is 0.900 bits per heavy atom. The molecule has 0 saturated heterocycles. The highest BCUT2D eigenvalue weighted by Gasteiger charge is 1.84. The smallest absolute Gasteiger partial charge is 0.00368 e. The van der Waals surface area contributed by atoms with Crippen LogP contribution in [0.3, 0.4) is 0 Å². The predicted molar refractivity (Wildman–Crippen MR) is 46.3 cm³/mol. The molecule has 0 aliphatic rings. The predicted octanol–water partition coefficient (Wildman–Crippen LogP) is 0.986. The van der Waals surface area contributed by atoms with Crippen molar-refractivity contribution in [3.05, 3.63) is 0 Å². The summed E-state index contributed by atoms with van der Waals surface area (Å²) >= 11 is 0. The molecule has 0 aromatic rings. The Morgan fingerprint density at radius 3 is 2.20 bits per heavy atom. The van der Waals surface area contributed by atoms with Gasteiger partial charge in [0.1, 0.15) is 0 Å². The van der Waals surface area contributed by atoms with E-state index in [1.807, 2.05) is 0 Å². The maximum atomic E-state index is 3.35. The van der Waals surface area contributed by atoms with Crippen LogP contribution in [0.1, 0.15) is 26.7 Å². The zero-order valence-corrected chi connectivity index (χ0v) is 7.24. The molecule has 0 aromatic carbocycles. The fourth-order valence-corrected chi connectivity index (χ4v) is 0.817. The van der Waals surface area contributed by atoms with Gasteiger partial charge in [-0.3, -0.25) is 0 Å². The molecular weight excluding hydrogens is 124 g/mol. The maximum absolute atomic E-state index is 3.35. The third kappa shape index (κ3) is 7.92. The molecule has 0 spiro atoms. The quantitative estimate of drug-likeness (QED) is 0.521. The van der Waals surface area contributed by atoms with Crippen LogP contribution >= 0.6 is 0 Å². The number of hydrogen-bond acceptors (Lipinski definition) is 2. The second kappa shape index (κ2) is 8.92. The van der Waals surface area contributed by atoms with Crippen molar-refractivity contribution in [2.24, 2.45) is 0 Å². The minimum Gasteiger partial charge on any atom is -0.317 e. The van der Waals surface area contributed by atoms with Gasteiger partial charge in [-0.05, 0) is 39.0 Å². The summed E-state index contributed by atoms with van der Waals surface area (Å²) in [5, 5.41) is 6.64. The van der Waals surface area contributed by atoms with E-state index in [4.69, 9.17) is 0 Å². The van der Waals surface area contributed by atoms with Gasteiger partial charge in [0.15, 0.2) is 0 Å². The van der Waals surface area contributed by atoms with Gasteiger partial charge in [-0.2, -0.15) is 0 Å². The van der Waals surface area contributed by atoms with Crippen LogP contribution in [-0.4, -0.2) is 26.2 Å². The van der Waals surface area contributed by atoms with Gasteiger partial charge < -0.3 is 10.6 Å². The summed E-state index contributed by atoms with van der Waals surface area (Å²) in [6.07, 6.45) is 2.48. The van der Waals surface area contributed by atoms with Gasteiger partial charge >= 0.3 is 0 Å². The molecule has 0 amide bonds. The molecule has 0 bridgehead atoms. The van der Waals surface area contributed by atoms with Crippen LogP contribution < -0.4 is 10.6 Å². The fraction of sp³-hybridized carbons (Fsp3) is 1.00. The Hall–Kier alpha value is -0.0800. The van der Waals surface area contributed by atoms with Crippen molar-refractivity contribution in [3.8, 4) is 0 Å². The van der Waals surface area contributed by atoms with E-state index in [2.05, 4.69) is 24.5 Å². The van der Waals surface area contributed by atoms with E-state index in [1.54, 1.807) is 0 Å². The summed E-state index contributed by atoms with van der Waals surface area (Å²) in [5.41, 5.74) is 0. The molecule has 0 aromatic heterocycles. The van der Waals surface area contributed by atoms with Crippen LogP contribution in [0.25, 0.3) is 0 Å². The lowest BCUT2D eigenvalue weighted by Crippen LogP contribution is -2.22. The first kappa shape index (κ1) is 9.92. The minimum atomic E-state index is 1.09. The van der Waals surface area contributed by atoms with Crippen molar-refractivity contribution in [3.63, 3.8) is 0 Å². The third-order valence-electron chi connectivity index (χ3n) is 1.38. The molecule has 0 aliphatic heterocycles. The average Bonchev–Trinajstić information content (AvgIpc) is 1.97. The summed E-state index contributed by atoms with van der Waals surface area (Å²) in [6.45, 7) is 8.88. The Balaban J connectivity index is 2.65. The van der Waals surface area contributed by atoms with E-state index in [0.29, 0.717) is 0 Å². The van der Waals surface area contributed by atoms with Gasteiger partial charge in [0.2, 0.25) is 0 Å². The summed E-state index contributed by atoms with van der Waals surface area (Å²) in [7, 11) is 0. The van der Waals surface area contributed by atoms with E-state index in [9.17, 15) is 0 Å². The zero-order chi connectivity index (χ0) is 7.66. The van der Waals surface area contributed by atoms with E-state index >= 15 is 0 Å². The summed E-state index contributed by atoms with van der Waals surface area (Å²) < 4.78 is 0. The van der Waals surface area contributed by atoms with Gasteiger partial charge in [0.25, 0.3) is 0 Å². The molecule has 0 heterocycles. The molecule has 10 heavy (non-hydrogen) atoms. The highest BCUT2D eigenvalue weighted by atomic mass is 14.9. The number of rotatable bonds is 7. The zero-order valence-electron chi connectivity index (χ0n) is 7.24. The van der Waals surface area contributed by atoms with Crippen LogP contribution in [0.4, 0.5) is 0 Å². The lowest BCUT2D eigenvalue weighted by molar-refractivity contribution is 0.602. The highest BCUT2D eigenvalue weighted by molar-refractivity contribution is 4.48. The van der Waals surface area contributed by atoms with Crippen LogP contribution in [0.15, 0.2) is 0 Å².